The molecule has 49 heavy (non-hydrogen) atoms. The topological polar surface area (TPSA) is 114 Å². The van der Waals surface area contributed by atoms with Gasteiger partial charge in [0.1, 0.15) is 23.4 Å². The van der Waals surface area contributed by atoms with Gasteiger partial charge in [-0.1, -0.05) is 78.9 Å². The third kappa shape index (κ3) is 9.68. The van der Waals surface area contributed by atoms with E-state index in [9.17, 15) is 22.4 Å². The smallest absolute Gasteiger partial charge is 0.261 e. The molecule has 0 aliphatic heterocycles. The highest BCUT2D eigenvalue weighted by atomic mass is 32.2. The molecule has 0 aliphatic carbocycles. The standard InChI is InChI=1S/C38H36FN3O6S/c1-47-36-15-9-8-14-30(36)25-40-38(44)35(24-28-10-4-2-5-11-28)42(26-29-12-6-3-7-13-29)37(43)27-48-33-20-22-34(23-21-33)49(45,46)41-32-18-16-31(39)17-19-32/h2-23,35,41H,24-27H2,1H3,(H,40,44)/t35-/m0/s1. The van der Waals surface area contributed by atoms with Gasteiger partial charge in [0.05, 0.1) is 12.0 Å². The van der Waals surface area contributed by atoms with Crippen molar-refractivity contribution in [3.05, 3.63) is 156 Å². The van der Waals surface area contributed by atoms with Crippen molar-refractivity contribution in [1.29, 1.82) is 0 Å². The number of anilines is 1. The van der Waals surface area contributed by atoms with E-state index in [-0.39, 0.29) is 41.7 Å². The van der Waals surface area contributed by atoms with E-state index >= 15 is 0 Å². The van der Waals surface area contributed by atoms with Crippen LogP contribution in [0.5, 0.6) is 11.5 Å². The highest BCUT2D eigenvalue weighted by molar-refractivity contribution is 7.92. The number of hydrogen-bond acceptors (Lipinski definition) is 6. The molecule has 2 amide bonds. The molecule has 0 saturated carbocycles. The van der Waals surface area contributed by atoms with Gasteiger partial charge in [-0.15, -0.1) is 0 Å². The summed E-state index contributed by atoms with van der Waals surface area (Å²) < 4.78 is 52.6. The number of rotatable bonds is 15. The largest absolute Gasteiger partial charge is 0.496 e. The Hall–Kier alpha value is -5.68. The lowest BCUT2D eigenvalue weighted by Crippen LogP contribution is -2.51. The van der Waals surface area contributed by atoms with Gasteiger partial charge in [0.25, 0.3) is 15.9 Å². The number of sulfonamides is 1. The molecule has 11 heteroatoms. The number of ether oxygens (including phenoxy) is 2. The number of halogens is 1. The molecule has 5 aromatic rings. The number of amides is 2. The van der Waals surface area contributed by atoms with Crippen LogP contribution in [0, 0.1) is 5.82 Å². The van der Waals surface area contributed by atoms with Gasteiger partial charge < -0.3 is 19.7 Å². The van der Waals surface area contributed by atoms with Crippen LogP contribution >= 0.6 is 0 Å². The van der Waals surface area contributed by atoms with Crippen molar-refractivity contribution >= 4 is 27.5 Å². The highest BCUT2D eigenvalue weighted by Crippen LogP contribution is 2.22. The van der Waals surface area contributed by atoms with Crippen LogP contribution in [-0.4, -0.2) is 44.9 Å². The Bertz CT molecular complexity index is 1940. The van der Waals surface area contributed by atoms with Gasteiger partial charge >= 0.3 is 0 Å². The van der Waals surface area contributed by atoms with Gasteiger partial charge in [-0.05, 0) is 65.7 Å². The van der Waals surface area contributed by atoms with Gasteiger partial charge in [0, 0.05) is 30.8 Å². The maximum Gasteiger partial charge on any atom is 0.261 e. The summed E-state index contributed by atoms with van der Waals surface area (Å²) in [6.45, 7) is -0.0596. The molecule has 0 aliphatic rings. The highest BCUT2D eigenvalue weighted by Gasteiger charge is 2.31. The zero-order valence-electron chi connectivity index (χ0n) is 26.8. The lowest BCUT2D eigenvalue weighted by Gasteiger charge is -2.31. The van der Waals surface area contributed by atoms with Crippen LogP contribution in [0.1, 0.15) is 16.7 Å². The minimum absolute atomic E-state index is 0.0455. The summed E-state index contributed by atoms with van der Waals surface area (Å²) >= 11 is 0. The number of carbonyl (C=O) groups is 2. The molecule has 0 radical (unpaired) electrons. The number of benzene rings is 5. The Morgan fingerprint density at radius 1 is 0.776 bits per heavy atom. The van der Waals surface area contributed by atoms with Crippen molar-refractivity contribution in [3.8, 4) is 11.5 Å². The van der Waals surface area contributed by atoms with Crippen molar-refractivity contribution in [2.45, 2.75) is 30.4 Å². The van der Waals surface area contributed by atoms with Crippen molar-refractivity contribution < 1.29 is 31.9 Å². The summed E-state index contributed by atoms with van der Waals surface area (Å²) in [6, 6.07) is 35.8. The van der Waals surface area contributed by atoms with E-state index in [0.29, 0.717) is 5.75 Å². The second-order valence-corrected chi connectivity index (χ2v) is 12.8. The zero-order chi connectivity index (χ0) is 34.6. The molecule has 0 fully saturated rings. The molecule has 0 spiro atoms. The van der Waals surface area contributed by atoms with Gasteiger partial charge in [0.15, 0.2) is 6.61 Å². The average molecular weight is 682 g/mol. The van der Waals surface area contributed by atoms with Crippen molar-refractivity contribution in [2.75, 3.05) is 18.4 Å². The second kappa shape index (κ2) is 16.4. The Balaban J connectivity index is 1.34. The normalized spacial score (nSPS) is 11.6. The fourth-order valence-corrected chi connectivity index (χ4v) is 6.22. The lowest BCUT2D eigenvalue weighted by atomic mass is 10.0. The molecule has 5 rings (SSSR count). The first-order valence-electron chi connectivity index (χ1n) is 15.5. The van der Waals surface area contributed by atoms with Crippen LogP contribution in [0.3, 0.4) is 0 Å². The van der Waals surface area contributed by atoms with E-state index < -0.39 is 34.4 Å². The first-order chi connectivity index (χ1) is 23.7. The first kappa shape index (κ1) is 34.6. The first-order valence-corrected chi connectivity index (χ1v) is 17.0. The third-order valence-electron chi connectivity index (χ3n) is 7.71. The third-order valence-corrected chi connectivity index (χ3v) is 9.10. The quantitative estimate of drug-likeness (QED) is 0.141. The number of para-hydroxylation sites is 1. The van der Waals surface area contributed by atoms with E-state index in [0.717, 1.165) is 28.8 Å². The molecule has 0 saturated heterocycles. The second-order valence-electron chi connectivity index (χ2n) is 11.1. The molecule has 0 unspecified atom stereocenters. The number of methoxy groups -OCH3 is 1. The molecule has 0 heterocycles. The maximum absolute atomic E-state index is 14.0. The Labute approximate surface area is 285 Å². The van der Waals surface area contributed by atoms with Gasteiger partial charge in [-0.2, -0.15) is 0 Å². The number of nitrogens with one attached hydrogen (secondary N) is 2. The molecule has 9 nitrogen and oxygen atoms in total. The van der Waals surface area contributed by atoms with Crippen LogP contribution in [0.15, 0.2) is 138 Å². The molecule has 2 N–H and O–H groups in total. The summed E-state index contributed by atoms with van der Waals surface area (Å²) in [5, 5.41) is 2.99. The number of carbonyl (C=O) groups excluding carboxylic acids is 2. The molecule has 0 aromatic heterocycles. The van der Waals surface area contributed by atoms with E-state index in [4.69, 9.17) is 9.47 Å². The summed E-state index contributed by atoms with van der Waals surface area (Å²) in [7, 11) is -2.39. The lowest BCUT2D eigenvalue weighted by molar-refractivity contribution is -0.142. The van der Waals surface area contributed by atoms with Gasteiger partial charge in [-0.3, -0.25) is 14.3 Å². The van der Waals surface area contributed by atoms with Crippen molar-refractivity contribution in [2.24, 2.45) is 0 Å². The predicted octanol–water partition coefficient (Wildman–Crippen LogP) is 5.97. The van der Waals surface area contributed by atoms with E-state index in [2.05, 4.69) is 10.0 Å². The molecule has 1 atom stereocenters. The van der Waals surface area contributed by atoms with Crippen molar-refractivity contribution in [3.63, 3.8) is 0 Å². The monoisotopic (exact) mass is 681 g/mol. The number of hydrogen-bond donors (Lipinski definition) is 2. The minimum Gasteiger partial charge on any atom is -0.496 e. The van der Waals surface area contributed by atoms with Crippen LogP contribution < -0.4 is 19.5 Å². The molecular weight excluding hydrogens is 645 g/mol. The van der Waals surface area contributed by atoms with Gasteiger partial charge in [0.2, 0.25) is 5.91 Å². The molecular formula is C38H36FN3O6S. The van der Waals surface area contributed by atoms with E-state index in [1.54, 1.807) is 7.11 Å². The zero-order valence-corrected chi connectivity index (χ0v) is 27.6. The summed E-state index contributed by atoms with van der Waals surface area (Å²) in [5.41, 5.74) is 2.70. The Morgan fingerprint density at radius 3 is 2.04 bits per heavy atom. The van der Waals surface area contributed by atoms with Gasteiger partial charge in [-0.25, -0.2) is 12.8 Å². The molecule has 5 aromatic carbocycles. The fraction of sp³-hybridized carbons (Fsp3) is 0.158. The number of nitrogens with zero attached hydrogens (tertiary/aromatic N) is 1. The molecule has 0 bridgehead atoms. The van der Waals surface area contributed by atoms with Crippen LogP contribution in [0.25, 0.3) is 0 Å². The maximum atomic E-state index is 14.0. The Kier molecular flexibility index (Phi) is 11.6. The van der Waals surface area contributed by atoms with Crippen LogP contribution in [-0.2, 0) is 39.1 Å². The average Bonchev–Trinajstić information content (AvgIpc) is 3.13. The van der Waals surface area contributed by atoms with Crippen molar-refractivity contribution in [1.82, 2.24) is 10.2 Å². The van der Waals surface area contributed by atoms with E-state index in [1.807, 2.05) is 84.9 Å². The minimum atomic E-state index is -3.96. The Morgan fingerprint density at radius 2 is 1.39 bits per heavy atom. The summed E-state index contributed by atoms with van der Waals surface area (Å²) in [5.74, 6) is -0.373. The van der Waals surface area contributed by atoms with E-state index in [1.165, 1.54) is 41.3 Å². The fourth-order valence-electron chi connectivity index (χ4n) is 5.16. The predicted molar refractivity (Wildman–Crippen MR) is 185 cm³/mol. The van der Waals surface area contributed by atoms with Crippen LogP contribution in [0.4, 0.5) is 10.1 Å². The summed E-state index contributed by atoms with van der Waals surface area (Å²) in [6.07, 6.45) is 0.255. The summed E-state index contributed by atoms with van der Waals surface area (Å²) in [4.78, 5) is 29.4. The van der Waals surface area contributed by atoms with Crippen LogP contribution in [0.2, 0.25) is 0 Å². The SMILES string of the molecule is COc1ccccc1CNC(=O)[C@H](Cc1ccccc1)N(Cc1ccccc1)C(=O)COc1ccc(S(=O)(=O)Nc2ccc(F)cc2)cc1. The molecule has 252 valence electrons.